The van der Waals surface area contributed by atoms with Gasteiger partial charge in [0.05, 0.1) is 0 Å². The molecule has 1 heterocycles. The quantitative estimate of drug-likeness (QED) is 0.889. The van der Waals surface area contributed by atoms with Crippen molar-refractivity contribution in [1.29, 1.82) is 0 Å². The molecule has 0 aliphatic heterocycles. The van der Waals surface area contributed by atoms with Crippen molar-refractivity contribution in [2.24, 2.45) is 0 Å². The van der Waals surface area contributed by atoms with Crippen molar-refractivity contribution in [1.82, 2.24) is 9.97 Å². The molecule has 4 heteroatoms. The van der Waals surface area contributed by atoms with E-state index < -0.39 is 0 Å². The summed E-state index contributed by atoms with van der Waals surface area (Å²) in [5, 5.41) is 3.38. The van der Waals surface area contributed by atoms with Crippen molar-refractivity contribution in [3.05, 3.63) is 47.3 Å². The number of benzene rings is 1. The fraction of sp³-hybridized carbons (Fsp3) is 0.375. The van der Waals surface area contributed by atoms with Gasteiger partial charge in [0.25, 0.3) is 0 Å². The van der Waals surface area contributed by atoms with Crippen LogP contribution in [0, 0.1) is 6.92 Å². The lowest BCUT2D eigenvalue weighted by Crippen LogP contribution is -2.11. The van der Waals surface area contributed by atoms with Gasteiger partial charge >= 0.3 is 0 Å². The Balaban J connectivity index is 2.18. The van der Waals surface area contributed by atoms with Gasteiger partial charge in [-0.3, -0.25) is 0 Å². The van der Waals surface area contributed by atoms with Gasteiger partial charge < -0.3 is 11.1 Å². The van der Waals surface area contributed by atoms with E-state index >= 15 is 0 Å². The smallest absolute Gasteiger partial charge is 0.135 e. The molecule has 1 atom stereocenters. The SMILES string of the molecule is Cc1ccc(C(C)Nc2cc(N)nc(C(C)C)n2)cc1. The zero-order valence-corrected chi connectivity index (χ0v) is 12.5. The lowest BCUT2D eigenvalue weighted by Gasteiger charge is -2.16. The summed E-state index contributed by atoms with van der Waals surface area (Å²) in [4.78, 5) is 8.77. The number of nitrogens with one attached hydrogen (secondary N) is 1. The predicted octanol–water partition coefficient (Wildman–Crippen LogP) is 3.66. The number of hydrogen-bond donors (Lipinski definition) is 2. The molecule has 2 aromatic rings. The van der Waals surface area contributed by atoms with Crippen molar-refractivity contribution < 1.29 is 0 Å². The van der Waals surface area contributed by atoms with E-state index in [9.17, 15) is 0 Å². The largest absolute Gasteiger partial charge is 0.384 e. The molecule has 0 aliphatic rings. The Hall–Kier alpha value is -2.10. The normalized spacial score (nSPS) is 12.4. The molecule has 0 fully saturated rings. The van der Waals surface area contributed by atoms with Gasteiger partial charge in [0.15, 0.2) is 0 Å². The van der Waals surface area contributed by atoms with Crippen molar-refractivity contribution in [3.63, 3.8) is 0 Å². The van der Waals surface area contributed by atoms with Gasteiger partial charge in [-0.1, -0.05) is 43.7 Å². The molecule has 0 saturated heterocycles. The first-order valence-corrected chi connectivity index (χ1v) is 6.93. The number of rotatable bonds is 4. The van der Waals surface area contributed by atoms with Crippen LogP contribution in [0.25, 0.3) is 0 Å². The first kappa shape index (κ1) is 14.3. The number of nitrogens with zero attached hydrogens (tertiary/aromatic N) is 2. The highest BCUT2D eigenvalue weighted by Crippen LogP contribution is 2.21. The molecule has 2 rings (SSSR count). The van der Waals surface area contributed by atoms with Crippen molar-refractivity contribution in [2.75, 3.05) is 11.1 Å². The molecular weight excluding hydrogens is 248 g/mol. The predicted molar refractivity (Wildman–Crippen MR) is 83.8 cm³/mol. The Bertz CT molecular complexity index is 576. The summed E-state index contributed by atoms with van der Waals surface area (Å²) in [6, 6.07) is 10.4. The summed E-state index contributed by atoms with van der Waals surface area (Å²) in [7, 11) is 0. The Morgan fingerprint density at radius 1 is 1.05 bits per heavy atom. The molecule has 0 spiro atoms. The summed E-state index contributed by atoms with van der Waals surface area (Å²) in [5.74, 6) is 2.30. The number of aryl methyl sites for hydroxylation is 1. The van der Waals surface area contributed by atoms with E-state index in [0.29, 0.717) is 5.82 Å². The zero-order chi connectivity index (χ0) is 14.7. The van der Waals surface area contributed by atoms with Crippen LogP contribution < -0.4 is 11.1 Å². The van der Waals surface area contributed by atoms with E-state index in [0.717, 1.165) is 11.6 Å². The number of hydrogen-bond acceptors (Lipinski definition) is 4. The Kier molecular flexibility index (Phi) is 4.23. The molecule has 1 aromatic carbocycles. The minimum Gasteiger partial charge on any atom is -0.384 e. The molecule has 0 saturated carbocycles. The lowest BCUT2D eigenvalue weighted by atomic mass is 10.1. The van der Waals surface area contributed by atoms with Crippen molar-refractivity contribution in [3.8, 4) is 0 Å². The van der Waals surface area contributed by atoms with Crippen LogP contribution in [0.2, 0.25) is 0 Å². The van der Waals surface area contributed by atoms with E-state index in [2.05, 4.69) is 67.2 Å². The minimum absolute atomic E-state index is 0.171. The molecule has 0 amide bonds. The molecule has 20 heavy (non-hydrogen) atoms. The highest BCUT2D eigenvalue weighted by Gasteiger charge is 2.10. The lowest BCUT2D eigenvalue weighted by molar-refractivity contribution is 0.771. The van der Waals surface area contributed by atoms with E-state index in [4.69, 9.17) is 5.73 Å². The van der Waals surface area contributed by atoms with Crippen LogP contribution in [0.3, 0.4) is 0 Å². The Labute approximate surface area is 120 Å². The summed E-state index contributed by atoms with van der Waals surface area (Å²) in [6.07, 6.45) is 0. The average Bonchev–Trinajstić information content (AvgIpc) is 2.38. The number of aromatic nitrogens is 2. The molecule has 3 N–H and O–H groups in total. The van der Waals surface area contributed by atoms with Gasteiger partial charge in [-0.05, 0) is 19.4 Å². The second-order valence-corrected chi connectivity index (χ2v) is 5.47. The van der Waals surface area contributed by atoms with Gasteiger partial charge in [0, 0.05) is 18.0 Å². The van der Waals surface area contributed by atoms with Crippen LogP contribution in [0.5, 0.6) is 0 Å². The second-order valence-electron chi connectivity index (χ2n) is 5.47. The second kappa shape index (κ2) is 5.90. The van der Waals surface area contributed by atoms with Crippen molar-refractivity contribution in [2.45, 2.75) is 39.7 Å². The van der Waals surface area contributed by atoms with Crippen molar-refractivity contribution >= 4 is 11.6 Å². The van der Waals surface area contributed by atoms with E-state index in [1.54, 1.807) is 6.07 Å². The molecule has 106 valence electrons. The van der Waals surface area contributed by atoms with E-state index in [1.807, 2.05) is 0 Å². The summed E-state index contributed by atoms with van der Waals surface area (Å²) in [5.41, 5.74) is 8.32. The van der Waals surface area contributed by atoms with Gasteiger partial charge in [-0.15, -0.1) is 0 Å². The fourth-order valence-electron chi connectivity index (χ4n) is 1.98. The Morgan fingerprint density at radius 3 is 2.30 bits per heavy atom. The van der Waals surface area contributed by atoms with Crippen LogP contribution in [-0.4, -0.2) is 9.97 Å². The summed E-state index contributed by atoms with van der Waals surface area (Å²) < 4.78 is 0. The van der Waals surface area contributed by atoms with Gasteiger partial charge in [0.1, 0.15) is 17.5 Å². The highest BCUT2D eigenvalue weighted by molar-refractivity contribution is 5.46. The minimum atomic E-state index is 0.171. The molecule has 1 unspecified atom stereocenters. The first-order chi connectivity index (χ1) is 9.45. The fourth-order valence-corrected chi connectivity index (χ4v) is 1.98. The molecule has 0 bridgehead atoms. The van der Waals surface area contributed by atoms with Crippen LogP contribution in [0.15, 0.2) is 30.3 Å². The maximum Gasteiger partial charge on any atom is 0.135 e. The molecular formula is C16H22N4. The zero-order valence-electron chi connectivity index (χ0n) is 12.5. The average molecular weight is 270 g/mol. The monoisotopic (exact) mass is 270 g/mol. The maximum absolute atomic E-state index is 5.84. The number of nitrogen functional groups attached to an aromatic ring is 1. The first-order valence-electron chi connectivity index (χ1n) is 6.93. The molecule has 4 nitrogen and oxygen atoms in total. The number of nitrogens with two attached hydrogens (primary N) is 1. The molecule has 1 aromatic heterocycles. The van der Waals surface area contributed by atoms with Gasteiger partial charge in [-0.25, -0.2) is 9.97 Å². The van der Waals surface area contributed by atoms with E-state index in [-0.39, 0.29) is 12.0 Å². The van der Waals surface area contributed by atoms with Crippen LogP contribution >= 0.6 is 0 Å². The molecule has 0 radical (unpaired) electrons. The highest BCUT2D eigenvalue weighted by atomic mass is 15.1. The van der Waals surface area contributed by atoms with Crippen LogP contribution in [-0.2, 0) is 0 Å². The van der Waals surface area contributed by atoms with Gasteiger partial charge in [0.2, 0.25) is 0 Å². The molecule has 0 aliphatic carbocycles. The standard InChI is InChI=1S/C16H22N4/c1-10(2)16-19-14(17)9-15(20-16)18-12(4)13-7-5-11(3)6-8-13/h5-10,12H,1-4H3,(H3,17,18,19,20). The Morgan fingerprint density at radius 2 is 1.70 bits per heavy atom. The number of anilines is 2. The third-order valence-corrected chi connectivity index (χ3v) is 3.22. The van der Waals surface area contributed by atoms with Gasteiger partial charge in [-0.2, -0.15) is 0 Å². The summed E-state index contributed by atoms with van der Waals surface area (Å²) >= 11 is 0. The topological polar surface area (TPSA) is 63.8 Å². The van der Waals surface area contributed by atoms with Crippen LogP contribution in [0.4, 0.5) is 11.6 Å². The summed E-state index contributed by atoms with van der Waals surface area (Å²) in [6.45, 7) is 8.31. The third-order valence-electron chi connectivity index (χ3n) is 3.22. The third kappa shape index (κ3) is 3.47. The van der Waals surface area contributed by atoms with Crippen LogP contribution in [0.1, 0.15) is 49.7 Å². The van der Waals surface area contributed by atoms with E-state index in [1.165, 1.54) is 11.1 Å². The maximum atomic E-state index is 5.84.